The van der Waals surface area contributed by atoms with E-state index in [9.17, 15) is 18.3 Å². The summed E-state index contributed by atoms with van der Waals surface area (Å²) in [6.45, 7) is 4.29. The third-order valence-corrected chi connectivity index (χ3v) is 9.89. The number of fused-ring (bicyclic) bond motifs is 3. The maximum Gasteiger partial charge on any atom is 0.254 e. The zero-order valence-corrected chi connectivity index (χ0v) is 22.3. The van der Waals surface area contributed by atoms with Crippen molar-refractivity contribution in [3.63, 3.8) is 0 Å². The molecule has 192 valence electrons. The van der Waals surface area contributed by atoms with Crippen molar-refractivity contribution in [2.75, 3.05) is 26.7 Å². The second kappa shape index (κ2) is 11.2. The smallest absolute Gasteiger partial charge is 0.254 e. The van der Waals surface area contributed by atoms with Crippen molar-refractivity contribution in [2.45, 2.75) is 36.8 Å². The van der Waals surface area contributed by atoms with Gasteiger partial charge in [-0.05, 0) is 41.1 Å². The van der Waals surface area contributed by atoms with E-state index in [2.05, 4.69) is 0 Å². The number of aliphatic hydroxyl groups excluding tert-OH is 1. The number of hydrogen-bond donors (Lipinski definition) is 1. The van der Waals surface area contributed by atoms with Crippen molar-refractivity contribution in [1.82, 2.24) is 9.21 Å². The van der Waals surface area contributed by atoms with Gasteiger partial charge in [-0.2, -0.15) is 4.31 Å². The molecule has 2 heterocycles. The maximum atomic E-state index is 13.8. The quantitative estimate of drug-likeness (QED) is 0.521. The molecule has 1 amide bonds. The van der Waals surface area contributed by atoms with Crippen LogP contribution in [0.1, 0.15) is 29.8 Å². The molecule has 1 aromatic heterocycles. The van der Waals surface area contributed by atoms with Crippen LogP contribution in [-0.2, 0) is 21.4 Å². The van der Waals surface area contributed by atoms with Gasteiger partial charge in [-0.1, -0.05) is 55.5 Å². The highest BCUT2D eigenvalue weighted by molar-refractivity contribution is 7.91. The fourth-order valence-corrected chi connectivity index (χ4v) is 6.85. The summed E-state index contributed by atoms with van der Waals surface area (Å²) in [5.41, 5.74) is 3.18. The molecule has 0 saturated carbocycles. The molecule has 1 aliphatic rings. The van der Waals surface area contributed by atoms with Crippen molar-refractivity contribution < 1.29 is 23.1 Å². The van der Waals surface area contributed by atoms with Crippen LogP contribution in [-0.4, -0.2) is 67.5 Å². The van der Waals surface area contributed by atoms with Crippen molar-refractivity contribution >= 4 is 27.3 Å². The van der Waals surface area contributed by atoms with Gasteiger partial charge in [-0.25, -0.2) is 8.42 Å². The largest absolute Gasteiger partial charge is 0.394 e. The number of nitrogens with zero attached hydrogens (tertiary/aromatic N) is 2. The Kier molecular flexibility index (Phi) is 8.27. The summed E-state index contributed by atoms with van der Waals surface area (Å²) < 4.78 is 34.2. The first kappa shape index (κ1) is 26.5. The van der Waals surface area contributed by atoms with Crippen LogP contribution >= 0.6 is 11.3 Å². The number of hydrogen-bond acceptors (Lipinski definition) is 6. The zero-order valence-electron chi connectivity index (χ0n) is 20.7. The lowest BCUT2D eigenvalue weighted by Crippen LogP contribution is -2.47. The van der Waals surface area contributed by atoms with Gasteiger partial charge in [0.1, 0.15) is 4.21 Å². The summed E-state index contributed by atoms with van der Waals surface area (Å²) >= 11 is 1.18. The Morgan fingerprint density at radius 3 is 2.42 bits per heavy atom. The Hall–Kier alpha value is -2.56. The lowest BCUT2D eigenvalue weighted by atomic mass is 9.94. The molecule has 7 nitrogen and oxygen atoms in total. The van der Waals surface area contributed by atoms with Gasteiger partial charge in [0.2, 0.25) is 0 Å². The highest BCUT2D eigenvalue weighted by atomic mass is 32.2. The summed E-state index contributed by atoms with van der Waals surface area (Å²) in [7, 11) is -2.11. The second-order valence-electron chi connectivity index (χ2n) is 9.24. The topological polar surface area (TPSA) is 87.2 Å². The molecule has 0 unspecified atom stereocenters. The highest BCUT2D eigenvalue weighted by Gasteiger charge is 2.32. The Balaban J connectivity index is 1.74. The second-order valence-corrected chi connectivity index (χ2v) is 12.5. The van der Waals surface area contributed by atoms with Crippen LogP contribution in [0.5, 0.6) is 0 Å². The number of carbonyl (C=O) groups excluding carboxylic acids is 1. The Morgan fingerprint density at radius 1 is 1.08 bits per heavy atom. The van der Waals surface area contributed by atoms with E-state index in [1.54, 1.807) is 29.5 Å². The van der Waals surface area contributed by atoms with Crippen molar-refractivity contribution in [3.8, 4) is 11.1 Å². The fraction of sp³-hybridized carbons (Fsp3) is 0.370. The number of carbonyl (C=O) groups is 1. The number of thiophene rings is 1. The van der Waals surface area contributed by atoms with Crippen LogP contribution in [0.2, 0.25) is 0 Å². The van der Waals surface area contributed by atoms with Crippen LogP contribution in [0.15, 0.2) is 70.3 Å². The summed E-state index contributed by atoms with van der Waals surface area (Å²) in [6, 6.07) is 18.2. The average Bonchev–Trinajstić information content (AvgIpc) is 3.44. The Labute approximate surface area is 217 Å². The monoisotopic (exact) mass is 528 g/mol. The number of sulfonamides is 1. The number of rotatable bonds is 6. The Morgan fingerprint density at radius 2 is 1.75 bits per heavy atom. The van der Waals surface area contributed by atoms with Crippen LogP contribution < -0.4 is 0 Å². The predicted octanol–water partition coefficient (Wildman–Crippen LogP) is 4.09. The van der Waals surface area contributed by atoms with Gasteiger partial charge >= 0.3 is 0 Å². The van der Waals surface area contributed by atoms with Gasteiger partial charge in [0.05, 0.1) is 25.4 Å². The SMILES string of the molecule is C[C@H](CO)N1C[C@H](C)[C@H](CN(C)S(=O)(=O)c2cccs2)OCc2ccccc2-c2ccccc2C1=O. The molecule has 36 heavy (non-hydrogen) atoms. The summed E-state index contributed by atoms with van der Waals surface area (Å²) in [5, 5.41) is 11.7. The number of likely N-dealkylation sites (N-methyl/N-ethyl adjacent to an activating group) is 1. The van der Waals surface area contributed by atoms with E-state index in [-0.39, 0.29) is 35.8 Å². The maximum absolute atomic E-state index is 13.8. The average molecular weight is 529 g/mol. The third kappa shape index (κ3) is 5.40. The zero-order chi connectivity index (χ0) is 25.9. The number of benzene rings is 2. The van der Waals surface area contributed by atoms with Gasteiger partial charge in [-0.15, -0.1) is 11.3 Å². The van der Waals surface area contributed by atoms with E-state index in [0.717, 1.165) is 16.7 Å². The molecule has 4 rings (SSSR count). The summed E-state index contributed by atoms with van der Waals surface area (Å²) in [6.07, 6.45) is -0.486. The van der Waals surface area contributed by atoms with E-state index >= 15 is 0 Å². The number of ether oxygens (including phenoxy) is 1. The predicted molar refractivity (Wildman–Crippen MR) is 141 cm³/mol. The van der Waals surface area contributed by atoms with E-state index in [0.29, 0.717) is 12.1 Å². The van der Waals surface area contributed by atoms with E-state index in [4.69, 9.17) is 4.74 Å². The first-order chi connectivity index (χ1) is 17.2. The minimum absolute atomic E-state index is 0.131. The van der Waals surface area contributed by atoms with Crippen LogP contribution in [0.25, 0.3) is 11.1 Å². The van der Waals surface area contributed by atoms with Gasteiger partial charge in [0.25, 0.3) is 15.9 Å². The number of amides is 1. The third-order valence-electron chi connectivity index (χ3n) is 6.69. The summed E-state index contributed by atoms with van der Waals surface area (Å²) in [4.78, 5) is 15.5. The van der Waals surface area contributed by atoms with Gasteiger partial charge in [-0.3, -0.25) is 4.79 Å². The minimum Gasteiger partial charge on any atom is -0.394 e. The first-order valence-electron chi connectivity index (χ1n) is 11.9. The molecule has 0 bridgehead atoms. The molecule has 0 aliphatic carbocycles. The van der Waals surface area contributed by atoms with Crippen LogP contribution in [0.4, 0.5) is 0 Å². The molecule has 2 aromatic carbocycles. The molecular formula is C27H32N2O5S2. The van der Waals surface area contributed by atoms with Gasteiger partial charge in [0, 0.05) is 31.6 Å². The molecule has 3 aromatic rings. The lowest BCUT2D eigenvalue weighted by molar-refractivity contribution is -0.0146. The Bertz CT molecular complexity index is 1290. The molecule has 0 radical (unpaired) electrons. The molecule has 0 fully saturated rings. The minimum atomic E-state index is -3.66. The number of aliphatic hydroxyl groups is 1. The molecule has 1 N–H and O–H groups in total. The molecule has 0 saturated heterocycles. The molecular weight excluding hydrogens is 496 g/mol. The molecule has 3 atom stereocenters. The van der Waals surface area contributed by atoms with Crippen LogP contribution in [0, 0.1) is 5.92 Å². The summed E-state index contributed by atoms with van der Waals surface area (Å²) in [5.74, 6) is -0.379. The molecule has 0 spiro atoms. The van der Waals surface area contributed by atoms with E-state index < -0.39 is 22.2 Å². The van der Waals surface area contributed by atoms with E-state index in [1.165, 1.54) is 15.6 Å². The van der Waals surface area contributed by atoms with Crippen molar-refractivity contribution in [2.24, 2.45) is 5.92 Å². The van der Waals surface area contributed by atoms with Crippen molar-refractivity contribution in [3.05, 3.63) is 77.2 Å². The van der Waals surface area contributed by atoms with Crippen LogP contribution in [0.3, 0.4) is 0 Å². The molecule has 1 aliphatic heterocycles. The highest BCUT2D eigenvalue weighted by Crippen LogP contribution is 2.31. The first-order valence-corrected chi connectivity index (χ1v) is 14.3. The van der Waals surface area contributed by atoms with Crippen molar-refractivity contribution in [1.29, 1.82) is 0 Å². The van der Waals surface area contributed by atoms with E-state index in [1.807, 2.05) is 62.4 Å². The van der Waals surface area contributed by atoms with Gasteiger partial charge < -0.3 is 14.7 Å². The normalized spacial score (nSPS) is 19.9. The lowest BCUT2D eigenvalue weighted by Gasteiger charge is -2.34. The molecule has 9 heteroatoms. The fourth-order valence-electron chi connectivity index (χ4n) is 4.47. The standard InChI is InChI=1S/C27H32N2O5S2/c1-19-15-29(20(2)17-30)27(31)24-12-7-6-11-23(24)22-10-5-4-9-21(22)18-34-25(19)16-28(3)36(32,33)26-13-8-14-35-26/h4-14,19-20,25,30H,15-18H2,1-3H3/t19-,20+,25-/m0/s1. The van der Waals surface area contributed by atoms with Gasteiger partial charge in [0.15, 0.2) is 0 Å².